The Morgan fingerprint density at radius 1 is 1.30 bits per heavy atom. The first-order valence-corrected chi connectivity index (χ1v) is 7.27. The first kappa shape index (κ1) is 17.7. The van der Waals surface area contributed by atoms with Crippen LogP contribution in [0, 0.1) is 5.92 Å². The Bertz CT molecular complexity index is 324. The summed E-state index contributed by atoms with van der Waals surface area (Å²) >= 11 is 0. The fourth-order valence-corrected chi connectivity index (χ4v) is 2.71. The summed E-state index contributed by atoms with van der Waals surface area (Å²) in [5, 5.41) is 6.22. The van der Waals surface area contributed by atoms with E-state index in [9.17, 15) is 4.79 Å². The molecule has 2 N–H and O–H groups in total. The number of nitrogens with one attached hydrogen (secondary N) is 2. The molecule has 6 heteroatoms. The zero-order valence-corrected chi connectivity index (χ0v) is 13.8. The molecule has 0 aromatic carbocycles. The maximum atomic E-state index is 11.9. The Morgan fingerprint density at radius 3 is 2.30 bits per heavy atom. The predicted octanol–water partition coefficient (Wildman–Crippen LogP) is 0.632. The second-order valence-electron chi connectivity index (χ2n) is 6.55. The minimum atomic E-state index is -0.0286. The van der Waals surface area contributed by atoms with Crippen molar-refractivity contribution in [2.24, 2.45) is 5.92 Å². The highest BCUT2D eigenvalue weighted by atomic mass is 35.5. The third-order valence-electron chi connectivity index (χ3n) is 4.12. The van der Waals surface area contributed by atoms with Crippen molar-refractivity contribution >= 4 is 18.3 Å². The molecule has 2 atom stereocenters. The van der Waals surface area contributed by atoms with Crippen molar-refractivity contribution in [2.75, 3.05) is 32.7 Å². The van der Waals surface area contributed by atoms with Crippen LogP contribution >= 0.6 is 12.4 Å². The molecule has 2 rings (SSSR count). The van der Waals surface area contributed by atoms with Gasteiger partial charge in [-0.3, -0.25) is 9.69 Å². The van der Waals surface area contributed by atoms with E-state index >= 15 is 0 Å². The summed E-state index contributed by atoms with van der Waals surface area (Å²) in [7, 11) is 0. The number of carbonyl (C=O) groups excluding carboxylic acids is 1. The van der Waals surface area contributed by atoms with Gasteiger partial charge in [0.05, 0.1) is 18.1 Å². The maximum absolute atomic E-state index is 11.9. The van der Waals surface area contributed by atoms with Crippen molar-refractivity contribution in [2.45, 2.75) is 45.4 Å². The van der Waals surface area contributed by atoms with Gasteiger partial charge in [0.25, 0.3) is 0 Å². The molecule has 2 aliphatic heterocycles. The number of nitrogens with zero attached hydrogens (tertiary/aromatic N) is 1. The molecular weight excluding hydrogens is 278 g/mol. The Kier molecular flexibility index (Phi) is 6.25. The predicted molar refractivity (Wildman–Crippen MR) is 82.3 cm³/mol. The molecule has 2 unspecified atom stereocenters. The molecule has 1 amide bonds. The number of hydrogen-bond donors (Lipinski definition) is 2. The van der Waals surface area contributed by atoms with E-state index in [4.69, 9.17) is 4.74 Å². The number of ether oxygens (including phenoxy) is 1. The van der Waals surface area contributed by atoms with Crippen LogP contribution in [0.15, 0.2) is 0 Å². The first-order chi connectivity index (χ1) is 8.88. The average molecular weight is 306 g/mol. The van der Waals surface area contributed by atoms with Gasteiger partial charge in [0.15, 0.2) is 0 Å². The van der Waals surface area contributed by atoms with E-state index in [0.717, 1.165) is 26.2 Å². The summed E-state index contributed by atoms with van der Waals surface area (Å²) < 4.78 is 5.76. The molecule has 20 heavy (non-hydrogen) atoms. The highest BCUT2D eigenvalue weighted by Crippen LogP contribution is 2.20. The number of carbonyl (C=O) groups is 1. The fraction of sp³-hybridized carbons (Fsp3) is 0.929. The zero-order chi connectivity index (χ0) is 14.0. The molecule has 2 heterocycles. The number of morpholine rings is 1. The molecule has 2 saturated heterocycles. The third kappa shape index (κ3) is 4.32. The van der Waals surface area contributed by atoms with E-state index in [1.807, 2.05) is 0 Å². The molecule has 0 bridgehead atoms. The largest absolute Gasteiger partial charge is 0.373 e. The van der Waals surface area contributed by atoms with Crippen molar-refractivity contribution in [3.05, 3.63) is 0 Å². The van der Waals surface area contributed by atoms with Crippen LogP contribution in [0.2, 0.25) is 0 Å². The lowest BCUT2D eigenvalue weighted by Gasteiger charge is -2.45. The summed E-state index contributed by atoms with van der Waals surface area (Å²) in [6, 6.07) is 0. The van der Waals surface area contributed by atoms with E-state index in [0.29, 0.717) is 6.54 Å². The van der Waals surface area contributed by atoms with Gasteiger partial charge >= 0.3 is 0 Å². The quantitative estimate of drug-likeness (QED) is 0.800. The van der Waals surface area contributed by atoms with Crippen molar-refractivity contribution < 1.29 is 9.53 Å². The molecule has 2 fully saturated rings. The van der Waals surface area contributed by atoms with Gasteiger partial charge in [0, 0.05) is 38.3 Å². The van der Waals surface area contributed by atoms with Crippen molar-refractivity contribution in [3.63, 3.8) is 0 Å². The molecular formula is C14H28ClN3O2. The molecule has 0 saturated carbocycles. The van der Waals surface area contributed by atoms with Crippen LogP contribution in [0.1, 0.15) is 27.7 Å². The minimum Gasteiger partial charge on any atom is -0.373 e. The molecule has 118 valence electrons. The van der Waals surface area contributed by atoms with Crippen LogP contribution in [0.4, 0.5) is 0 Å². The summed E-state index contributed by atoms with van der Waals surface area (Å²) in [6.45, 7) is 12.8. The van der Waals surface area contributed by atoms with E-state index in [1.165, 1.54) is 0 Å². The smallest absolute Gasteiger partial charge is 0.225 e. The van der Waals surface area contributed by atoms with E-state index in [-0.39, 0.29) is 42.0 Å². The molecule has 0 aromatic heterocycles. The van der Waals surface area contributed by atoms with Crippen LogP contribution in [0.3, 0.4) is 0 Å². The third-order valence-corrected chi connectivity index (χ3v) is 4.12. The summed E-state index contributed by atoms with van der Waals surface area (Å²) in [5.74, 6) is 0.347. The number of rotatable bonds is 4. The van der Waals surface area contributed by atoms with Crippen molar-refractivity contribution in [3.8, 4) is 0 Å². The van der Waals surface area contributed by atoms with Gasteiger partial charge in [0.1, 0.15) is 0 Å². The van der Waals surface area contributed by atoms with Gasteiger partial charge in [-0.25, -0.2) is 0 Å². The molecule has 0 spiro atoms. The van der Waals surface area contributed by atoms with Crippen LogP contribution in [-0.4, -0.2) is 61.3 Å². The van der Waals surface area contributed by atoms with Crippen LogP contribution in [0.5, 0.6) is 0 Å². The van der Waals surface area contributed by atoms with Crippen LogP contribution in [-0.2, 0) is 9.53 Å². The Hall–Kier alpha value is -0.360. The summed E-state index contributed by atoms with van der Waals surface area (Å²) in [6.07, 6.45) is 0.518. The molecule has 0 aromatic rings. The maximum Gasteiger partial charge on any atom is 0.225 e. The first-order valence-electron chi connectivity index (χ1n) is 7.27. The molecule has 0 radical (unpaired) electrons. The lowest BCUT2D eigenvalue weighted by atomic mass is 9.98. The summed E-state index contributed by atoms with van der Waals surface area (Å²) in [5.41, 5.74) is -0.0286. The Balaban J connectivity index is 0.00000200. The Labute approximate surface area is 128 Å². The van der Waals surface area contributed by atoms with Gasteiger partial charge < -0.3 is 15.4 Å². The van der Waals surface area contributed by atoms with Crippen LogP contribution < -0.4 is 10.6 Å². The Morgan fingerprint density at radius 2 is 1.85 bits per heavy atom. The van der Waals surface area contributed by atoms with E-state index in [2.05, 4.69) is 43.2 Å². The minimum absolute atomic E-state index is 0. The monoisotopic (exact) mass is 305 g/mol. The lowest BCUT2D eigenvalue weighted by Crippen LogP contribution is -2.60. The van der Waals surface area contributed by atoms with Crippen LogP contribution in [0.25, 0.3) is 0 Å². The lowest BCUT2D eigenvalue weighted by molar-refractivity contribution is -0.128. The highest BCUT2D eigenvalue weighted by Gasteiger charge is 2.34. The highest BCUT2D eigenvalue weighted by molar-refractivity contribution is 5.85. The van der Waals surface area contributed by atoms with Gasteiger partial charge in [-0.05, 0) is 27.7 Å². The van der Waals surface area contributed by atoms with Crippen molar-refractivity contribution in [1.29, 1.82) is 0 Å². The molecule has 0 aliphatic carbocycles. The van der Waals surface area contributed by atoms with Gasteiger partial charge in [-0.2, -0.15) is 0 Å². The SMILES string of the molecule is CC1CN(C(C)(C)CNC(=O)C2CNC2)CC(C)O1.Cl. The van der Waals surface area contributed by atoms with E-state index < -0.39 is 0 Å². The second kappa shape index (κ2) is 7.07. The number of amides is 1. The molecule has 5 nitrogen and oxygen atoms in total. The normalized spacial score (nSPS) is 28.4. The number of halogens is 1. The number of hydrogen-bond acceptors (Lipinski definition) is 4. The van der Waals surface area contributed by atoms with Gasteiger partial charge in [-0.15, -0.1) is 12.4 Å². The standard InChI is InChI=1S/C14H27N3O2.ClH/c1-10-7-17(8-11(2)19-10)14(3,4)9-16-13(18)12-5-15-6-12;/h10-12,15H,5-9H2,1-4H3,(H,16,18);1H. The van der Waals surface area contributed by atoms with Gasteiger partial charge in [-0.1, -0.05) is 0 Å². The fourth-order valence-electron chi connectivity index (χ4n) is 2.71. The second-order valence-corrected chi connectivity index (χ2v) is 6.55. The van der Waals surface area contributed by atoms with Gasteiger partial charge in [0.2, 0.25) is 5.91 Å². The zero-order valence-electron chi connectivity index (χ0n) is 12.9. The average Bonchev–Trinajstić information content (AvgIpc) is 2.23. The topological polar surface area (TPSA) is 53.6 Å². The van der Waals surface area contributed by atoms with Crippen molar-refractivity contribution in [1.82, 2.24) is 15.5 Å². The van der Waals surface area contributed by atoms with E-state index in [1.54, 1.807) is 0 Å². The molecule has 2 aliphatic rings. The summed E-state index contributed by atoms with van der Waals surface area (Å²) in [4.78, 5) is 14.3.